The Kier molecular flexibility index (Phi) is 6.10. The van der Waals surface area contributed by atoms with Gasteiger partial charge in [0.15, 0.2) is 0 Å². The summed E-state index contributed by atoms with van der Waals surface area (Å²) in [6.07, 6.45) is -4.59. The van der Waals surface area contributed by atoms with E-state index in [-0.39, 0.29) is 34.7 Å². The smallest absolute Gasteiger partial charge is 0.382 e. The third-order valence-corrected chi connectivity index (χ3v) is 6.49. The van der Waals surface area contributed by atoms with Gasteiger partial charge in [0, 0.05) is 16.1 Å². The van der Waals surface area contributed by atoms with Crippen LogP contribution in [0.4, 0.5) is 30.5 Å². The zero-order valence-electron chi connectivity index (χ0n) is 18.2. The summed E-state index contributed by atoms with van der Waals surface area (Å²) in [6, 6.07) is 14.1. The van der Waals surface area contributed by atoms with Crippen LogP contribution in [0.5, 0.6) is 0 Å². The molecule has 4 N–H and O–H groups in total. The third kappa shape index (κ3) is 4.75. The Balaban J connectivity index is 1.46. The van der Waals surface area contributed by atoms with Crippen molar-refractivity contribution in [2.24, 2.45) is 0 Å². The molecule has 0 aliphatic rings. The highest BCUT2D eigenvalue weighted by atomic mass is 35.5. The molecule has 0 radical (unpaired) electrons. The van der Waals surface area contributed by atoms with Crippen molar-refractivity contribution < 1.29 is 18.0 Å². The van der Waals surface area contributed by atoms with Gasteiger partial charge in [-0.25, -0.2) is 15.0 Å². The van der Waals surface area contributed by atoms with Gasteiger partial charge in [0.25, 0.3) is 5.91 Å². The highest BCUT2D eigenvalue weighted by molar-refractivity contribution is 7.17. The van der Waals surface area contributed by atoms with Gasteiger partial charge in [-0.2, -0.15) is 13.2 Å². The number of amides is 1. The first-order valence-corrected chi connectivity index (χ1v) is 11.8. The molecule has 0 spiro atoms. The SMILES string of the molecule is Nc1nc(C(=O)Nc2cc3ccccc3c(CNc3ccc(Cl)cc3C(F)(F)F)n2)nc2ccsc12. The fourth-order valence-electron chi connectivity index (χ4n) is 3.71. The molecule has 0 aliphatic carbocycles. The number of aromatic nitrogens is 3. The van der Waals surface area contributed by atoms with E-state index in [1.807, 2.05) is 6.07 Å². The molecule has 0 fully saturated rings. The molecule has 2 aromatic carbocycles. The van der Waals surface area contributed by atoms with Gasteiger partial charge in [-0.05, 0) is 41.1 Å². The van der Waals surface area contributed by atoms with Crippen molar-refractivity contribution in [3.63, 3.8) is 0 Å². The number of pyridine rings is 1. The van der Waals surface area contributed by atoms with Gasteiger partial charge >= 0.3 is 6.18 Å². The van der Waals surface area contributed by atoms with Crippen molar-refractivity contribution in [1.82, 2.24) is 15.0 Å². The molecule has 0 saturated heterocycles. The maximum absolute atomic E-state index is 13.5. The van der Waals surface area contributed by atoms with Crippen LogP contribution in [0.2, 0.25) is 5.02 Å². The van der Waals surface area contributed by atoms with E-state index in [0.717, 1.165) is 11.5 Å². The van der Waals surface area contributed by atoms with Crippen molar-refractivity contribution in [3.05, 3.63) is 82.1 Å². The molecule has 36 heavy (non-hydrogen) atoms. The first-order valence-electron chi connectivity index (χ1n) is 10.5. The number of hydrogen-bond donors (Lipinski definition) is 3. The van der Waals surface area contributed by atoms with Gasteiger partial charge in [-0.15, -0.1) is 11.3 Å². The summed E-state index contributed by atoms with van der Waals surface area (Å²) < 4.78 is 41.2. The maximum Gasteiger partial charge on any atom is 0.418 e. The van der Waals surface area contributed by atoms with E-state index in [0.29, 0.717) is 21.3 Å². The van der Waals surface area contributed by atoms with Gasteiger partial charge in [0.1, 0.15) is 11.6 Å². The summed E-state index contributed by atoms with van der Waals surface area (Å²) in [6.45, 7) is -0.0424. The van der Waals surface area contributed by atoms with Crippen LogP contribution >= 0.6 is 22.9 Å². The number of fused-ring (bicyclic) bond motifs is 2. The maximum atomic E-state index is 13.5. The van der Waals surface area contributed by atoms with Crippen LogP contribution in [-0.2, 0) is 12.7 Å². The lowest BCUT2D eigenvalue weighted by atomic mass is 10.1. The predicted molar refractivity (Wildman–Crippen MR) is 135 cm³/mol. The lowest BCUT2D eigenvalue weighted by Crippen LogP contribution is -2.18. The molecule has 0 unspecified atom stereocenters. The lowest BCUT2D eigenvalue weighted by Gasteiger charge is -2.16. The second-order valence-corrected chi connectivity index (χ2v) is 9.09. The zero-order chi connectivity index (χ0) is 25.4. The zero-order valence-corrected chi connectivity index (χ0v) is 19.8. The summed E-state index contributed by atoms with van der Waals surface area (Å²) in [5.74, 6) is -0.354. The molecule has 3 aromatic heterocycles. The number of nitrogens with two attached hydrogens (primary N) is 1. The topological polar surface area (TPSA) is 106 Å². The van der Waals surface area contributed by atoms with Crippen molar-refractivity contribution >= 4 is 67.2 Å². The molecule has 5 rings (SSSR count). The molecule has 12 heteroatoms. The molecule has 0 bridgehead atoms. The number of nitrogen functional groups attached to an aromatic ring is 1. The molecular formula is C24H16ClF3N6OS. The van der Waals surface area contributed by atoms with Crippen LogP contribution in [0.3, 0.4) is 0 Å². The van der Waals surface area contributed by atoms with E-state index in [9.17, 15) is 18.0 Å². The number of halogens is 4. The standard InChI is InChI=1S/C24H16ClF3N6OS/c25-13-5-6-16(15(10-13)24(26,27)28)30-11-18-14-4-2-1-3-12(14)9-19(31-18)33-23(35)22-32-17-7-8-36-20(17)21(29)34-22/h1-10,30H,11H2,(H2,29,32,34)(H,31,33,35). The monoisotopic (exact) mass is 528 g/mol. The number of rotatable bonds is 5. The summed E-state index contributed by atoms with van der Waals surface area (Å²) in [5.41, 5.74) is 5.90. The first kappa shape index (κ1) is 23.8. The van der Waals surface area contributed by atoms with Gasteiger partial charge in [-0.1, -0.05) is 35.9 Å². The van der Waals surface area contributed by atoms with E-state index < -0.39 is 17.6 Å². The van der Waals surface area contributed by atoms with Crippen molar-refractivity contribution in [3.8, 4) is 0 Å². The fourth-order valence-corrected chi connectivity index (χ4v) is 4.62. The third-order valence-electron chi connectivity index (χ3n) is 5.33. The Morgan fingerprint density at radius 2 is 1.86 bits per heavy atom. The van der Waals surface area contributed by atoms with Gasteiger partial charge in [0.05, 0.1) is 28.0 Å². The molecule has 7 nitrogen and oxygen atoms in total. The molecule has 0 aliphatic heterocycles. The quantitative estimate of drug-likeness (QED) is 0.245. The Labute approximate surface area is 211 Å². The Bertz CT molecular complexity index is 1620. The van der Waals surface area contributed by atoms with Crippen molar-refractivity contribution in [2.75, 3.05) is 16.4 Å². The Morgan fingerprint density at radius 3 is 2.67 bits per heavy atom. The van der Waals surface area contributed by atoms with E-state index in [2.05, 4.69) is 25.6 Å². The minimum atomic E-state index is -4.59. The number of hydrogen-bond acceptors (Lipinski definition) is 7. The van der Waals surface area contributed by atoms with Crippen LogP contribution in [0.15, 0.2) is 60.0 Å². The molecule has 0 saturated carbocycles. The molecule has 182 valence electrons. The summed E-state index contributed by atoms with van der Waals surface area (Å²) in [5, 5.41) is 8.69. The number of nitrogens with zero attached hydrogens (tertiary/aromatic N) is 3. The van der Waals surface area contributed by atoms with Crippen LogP contribution in [0.25, 0.3) is 21.0 Å². The van der Waals surface area contributed by atoms with Gasteiger partial charge in [0.2, 0.25) is 5.82 Å². The van der Waals surface area contributed by atoms with Crippen LogP contribution in [0.1, 0.15) is 21.9 Å². The molecular weight excluding hydrogens is 513 g/mol. The predicted octanol–water partition coefficient (Wildman–Crippen LogP) is 6.36. The molecule has 3 heterocycles. The number of carbonyl (C=O) groups excluding carboxylic acids is 1. The lowest BCUT2D eigenvalue weighted by molar-refractivity contribution is -0.137. The Morgan fingerprint density at radius 1 is 1.06 bits per heavy atom. The van der Waals surface area contributed by atoms with Crippen molar-refractivity contribution in [2.45, 2.75) is 12.7 Å². The average molecular weight is 529 g/mol. The van der Waals surface area contributed by atoms with Crippen LogP contribution in [-0.4, -0.2) is 20.9 Å². The number of carbonyl (C=O) groups is 1. The minimum Gasteiger partial charge on any atom is -0.382 e. The van der Waals surface area contributed by atoms with Crippen molar-refractivity contribution in [1.29, 1.82) is 0 Å². The largest absolute Gasteiger partial charge is 0.418 e. The van der Waals surface area contributed by atoms with Gasteiger partial charge < -0.3 is 16.4 Å². The number of alkyl halides is 3. The fraction of sp³-hybridized carbons (Fsp3) is 0.0833. The summed E-state index contributed by atoms with van der Waals surface area (Å²) in [7, 11) is 0. The normalized spacial score (nSPS) is 11.7. The molecule has 5 aromatic rings. The van der Waals surface area contributed by atoms with E-state index in [1.165, 1.54) is 23.5 Å². The molecule has 1 amide bonds. The van der Waals surface area contributed by atoms with E-state index in [4.69, 9.17) is 17.3 Å². The minimum absolute atomic E-state index is 0.0235. The van der Waals surface area contributed by atoms with E-state index >= 15 is 0 Å². The van der Waals surface area contributed by atoms with Crippen LogP contribution < -0.4 is 16.4 Å². The Hall–Kier alpha value is -3.96. The second-order valence-electron chi connectivity index (χ2n) is 7.74. The van der Waals surface area contributed by atoms with Gasteiger partial charge in [-0.3, -0.25) is 4.79 Å². The van der Waals surface area contributed by atoms with Crippen LogP contribution in [0, 0.1) is 0 Å². The summed E-state index contributed by atoms with van der Waals surface area (Å²) >= 11 is 7.15. The first-order chi connectivity index (χ1) is 17.2. The number of thiophene rings is 1. The number of benzene rings is 2. The highest BCUT2D eigenvalue weighted by Crippen LogP contribution is 2.37. The molecule has 0 atom stereocenters. The number of nitrogens with one attached hydrogen (secondary N) is 2. The highest BCUT2D eigenvalue weighted by Gasteiger charge is 2.33. The van der Waals surface area contributed by atoms with E-state index in [1.54, 1.807) is 35.7 Å². The number of anilines is 3. The summed E-state index contributed by atoms with van der Waals surface area (Å²) in [4.78, 5) is 25.7. The average Bonchev–Trinajstić information content (AvgIpc) is 3.32. The second kappa shape index (κ2) is 9.25.